The summed E-state index contributed by atoms with van der Waals surface area (Å²) in [4.78, 5) is 12.9. The van der Waals surface area contributed by atoms with Gasteiger partial charge in [0, 0.05) is 26.9 Å². The van der Waals surface area contributed by atoms with Gasteiger partial charge in [0.2, 0.25) is 0 Å². The summed E-state index contributed by atoms with van der Waals surface area (Å²) in [5.41, 5.74) is 8.39. The third-order valence-corrected chi connectivity index (χ3v) is 5.71. The molecule has 0 heterocycles. The Balaban J connectivity index is 1.82. The predicted molar refractivity (Wildman–Crippen MR) is 125 cm³/mol. The molecule has 0 aliphatic heterocycles. The summed E-state index contributed by atoms with van der Waals surface area (Å²) < 4.78 is 16.7. The van der Waals surface area contributed by atoms with E-state index in [2.05, 4.69) is 0 Å². The first kappa shape index (κ1) is 22.8. The smallest absolute Gasteiger partial charge is 0.310 e. The lowest BCUT2D eigenvalue weighted by molar-refractivity contribution is -0.142. The lowest BCUT2D eigenvalue weighted by atomic mass is 10.1. The lowest BCUT2D eigenvalue weighted by Crippen LogP contribution is -2.07. The van der Waals surface area contributed by atoms with Crippen LogP contribution in [0.25, 0.3) is 0 Å². The summed E-state index contributed by atoms with van der Waals surface area (Å²) >= 11 is 7.62. The highest BCUT2D eigenvalue weighted by atomic mass is 35.5. The molecule has 0 radical (unpaired) electrons. The third kappa shape index (κ3) is 6.57. The van der Waals surface area contributed by atoms with Gasteiger partial charge >= 0.3 is 5.97 Å². The quantitative estimate of drug-likeness (QED) is 0.237. The van der Waals surface area contributed by atoms with Gasteiger partial charge in [0.25, 0.3) is 0 Å². The summed E-state index contributed by atoms with van der Waals surface area (Å²) in [5, 5.41) is 0.701. The molecule has 31 heavy (non-hydrogen) atoms. The Morgan fingerprint density at radius 2 is 1.74 bits per heavy atom. The molecule has 0 aromatic heterocycles. The Morgan fingerprint density at radius 3 is 2.45 bits per heavy atom. The number of methoxy groups -OCH3 is 1. The van der Waals surface area contributed by atoms with Gasteiger partial charge in [0.05, 0.1) is 20.1 Å². The van der Waals surface area contributed by atoms with Gasteiger partial charge in [0.15, 0.2) is 11.5 Å². The highest BCUT2D eigenvalue weighted by molar-refractivity contribution is 7.98. The normalized spacial score (nSPS) is 10.5. The number of rotatable bonds is 9. The zero-order chi connectivity index (χ0) is 22.2. The molecule has 3 rings (SSSR count). The van der Waals surface area contributed by atoms with Crippen molar-refractivity contribution < 1.29 is 19.0 Å². The fraction of sp³-hybridized carbons (Fsp3) is 0.208. The molecule has 5 nitrogen and oxygen atoms in total. The minimum absolute atomic E-state index is 0.162. The minimum Gasteiger partial charge on any atom is -0.493 e. The fourth-order valence-corrected chi connectivity index (χ4v) is 3.91. The maximum absolute atomic E-state index is 11.8. The van der Waals surface area contributed by atoms with Crippen LogP contribution in [0.15, 0.2) is 65.6 Å². The topological polar surface area (TPSA) is 70.8 Å². The zero-order valence-corrected chi connectivity index (χ0v) is 19.0. The standard InChI is InChI=1S/C24H24ClNO4S/c1-3-29-24(27)13-16-4-10-22(28-2)23(12-16)30-21-11-7-19(26)14-17(21)15-31-20-8-5-18(25)6-9-20/h4-12,14H,3,13,15,26H2,1-2H3. The van der Waals surface area contributed by atoms with Gasteiger partial charge in [-0.05, 0) is 67.1 Å². The molecule has 0 saturated heterocycles. The largest absolute Gasteiger partial charge is 0.493 e. The monoisotopic (exact) mass is 457 g/mol. The zero-order valence-electron chi connectivity index (χ0n) is 17.4. The first-order chi connectivity index (χ1) is 15.0. The average Bonchev–Trinajstić information content (AvgIpc) is 2.75. The Kier molecular flexibility index (Phi) is 8.09. The number of carbonyl (C=O) groups excluding carboxylic acids is 1. The van der Waals surface area contributed by atoms with Crippen LogP contribution in [0.2, 0.25) is 5.02 Å². The van der Waals surface area contributed by atoms with Crippen molar-refractivity contribution in [1.82, 2.24) is 0 Å². The number of hydrogen-bond acceptors (Lipinski definition) is 6. The van der Waals surface area contributed by atoms with Crippen molar-refractivity contribution in [3.8, 4) is 17.2 Å². The second kappa shape index (κ2) is 11.0. The van der Waals surface area contributed by atoms with E-state index in [0.717, 1.165) is 16.0 Å². The molecule has 3 aromatic carbocycles. The van der Waals surface area contributed by atoms with E-state index in [1.165, 1.54) is 0 Å². The summed E-state index contributed by atoms with van der Waals surface area (Å²) in [6.07, 6.45) is 0.162. The molecule has 0 saturated carbocycles. The Hall–Kier alpha value is -2.83. The number of thioether (sulfide) groups is 1. The van der Waals surface area contributed by atoms with Crippen LogP contribution in [0.5, 0.6) is 17.2 Å². The fourth-order valence-electron chi connectivity index (χ4n) is 2.91. The molecule has 2 N–H and O–H groups in total. The van der Waals surface area contributed by atoms with E-state index < -0.39 is 0 Å². The molecular formula is C24H24ClNO4S. The molecule has 7 heteroatoms. The number of benzene rings is 3. The number of esters is 1. The Bertz CT molecular complexity index is 1040. The summed E-state index contributed by atoms with van der Waals surface area (Å²) in [6, 6.07) is 18.6. The van der Waals surface area contributed by atoms with Crippen LogP contribution in [0.1, 0.15) is 18.1 Å². The Morgan fingerprint density at radius 1 is 1.00 bits per heavy atom. The van der Waals surface area contributed by atoms with Gasteiger partial charge < -0.3 is 19.9 Å². The first-order valence-corrected chi connectivity index (χ1v) is 11.1. The second-order valence-electron chi connectivity index (χ2n) is 6.68. The van der Waals surface area contributed by atoms with Crippen LogP contribution in [0.3, 0.4) is 0 Å². The molecule has 0 bridgehead atoms. The van der Waals surface area contributed by atoms with E-state index in [1.807, 2.05) is 42.5 Å². The number of anilines is 1. The van der Waals surface area contributed by atoms with Gasteiger partial charge in [-0.3, -0.25) is 4.79 Å². The molecule has 162 valence electrons. The third-order valence-electron chi connectivity index (χ3n) is 4.39. The van der Waals surface area contributed by atoms with Crippen molar-refractivity contribution >= 4 is 35.0 Å². The Labute approximate surface area is 191 Å². The van der Waals surface area contributed by atoms with Crippen LogP contribution >= 0.6 is 23.4 Å². The summed E-state index contributed by atoms with van der Waals surface area (Å²) in [6.45, 7) is 2.13. The maximum Gasteiger partial charge on any atom is 0.310 e. The highest BCUT2D eigenvalue weighted by Gasteiger charge is 2.13. The molecule has 0 fully saturated rings. The summed E-state index contributed by atoms with van der Waals surface area (Å²) in [7, 11) is 1.58. The van der Waals surface area contributed by atoms with Crippen molar-refractivity contribution in [1.29, 1.82) is 0 Å². The van der Waals surface area contributed by atoms with Crippen molar-refractivity contribution in [2.24, 2.45) is 0 Å². The van der Waals surface area contributed by atoms with Crippen LogP contribution in [-0.2, 0) is 21.7 Å². The van der Waals surface area contributed by atoms with Crippen LogP contribution in [0, 0.1) is 0 Å². The number of hydrogen-bond donors (Lipinski definition) is 1. The molecule has 3 aromatic rings. The van der Waals surface area contributed by atoms with Crippen LogP contribution < -0.4 is 15.2 Å². The predicted octanol–water partition coefficient (Wildman–Crippen LogP) is 6.12. The van der Waals surface area contributed by atoms with Gasteiger partial charge in [0.1, 0.15) is 5.75 Å². The van der Waals surface area contributed by atoms with Crippen molar-refractivity contribution in [3.63, 3.8) is 0 Å². The molecule has 0 aliphatic carbocycles. The molecule has 0 unspecified atom stereocenters. The van der Waals surface area contributed by atoms with E-state index in [0.29, 0.717) is 40.3 Å². The van der Waals surface area contributed by atoms with E-state index in [-0.39, 0.29) is 12.4 Å². The van der Waals surface area contributed by atoms with Gasteiger partial charge in [-0.25, -0.2) is 0 Å². The molecule has 0 amide bonds. The SMILES string of the molecule is CCOC(=O)Cc1ccc(OC)c(Oc2ccc(N)cc2CSc2ccc(Cl)cc2)c1. The maximum atomic E-state index is 11.8. The van der Waals surface area contributed by atoms with Crippen molar-refractivity contribution in [3.05, 3.63) is 76.8 Å². The van der Waals surface area contributed by atoms with Crippen LogP contribution in [-0.4, -0.2) is 19.7 Å². The average molecular weight is 458 g/mol. The van der Waals surface area contributed by atoms with Crippen LogP contribution in [0.4, 0.5) is 5.69 Å². The first-order valence-electron chi connectivity index (χ1n) is 9.75. The number of nitrogens with two attached hydrogens (primary N) is 1. The van der Waals surface area contributed by atoms with Crippen molar-refractivity contribution in [2.45, 2.75) is 24.0 Å². The number of carbonyl (C=O) groups is 1. The van der Waals surface area contributed by atoms with Gasteiger partial charge in [-0.2, -0.15) is 0 Å². The van der Waals surface area contributed by atoms with E-state index >= 15 is 0 Å². The number of nitrogen functional groups attached to an aromatic ring is 1. The highest BCUT2D eigenvalue weighted by Crippen LogP contribution is 2.37. The van der Waals surface area contributed by atoms with Gasteiger partial charge in [-0.15, -0.1) is 11.8 Å². The molecular weight excluding hydrogens is 434 g/mol. The van der Waals surface area contributed by atoms with E-state index in [1.54, 1.807) is 44.0 Å². The molecule has 0 spiro atoms. The van der Waals surface area contributed by atoms with Crippen molar-refractivity contribution in [2.75, 3.05) is 19.5 Å². The van der Waals surface area contributed by atoms with Gasteiger partial charge in [-0.1, -0.05) is 17.7 Å². The summed E-state index contributed by atoms with van der Waals surface area (Å²) in [5.74, 6) is 2.13. The number of halogens is 1. The minimum atomic E-state index is -0.286. The molecule has 0 atom stereocenters. The lowest BCUT2D eigenvalue weighted by Gasteiger charge is -2.15. The second-order valence-corrected chi connectivity index (χ2v) is 8.16. The molecule has 0 aliphatic rings. The van der Waals surface area contributed by atoms with E-state index in [9.17, 15) is 4.79 Å². The number of ether oxygens (including phenoxy) is 3. The van der Waals surface area contributed by atoms with E-state index in [4.69, 9.17) is 31.5 Å².